The van der Waals surface area contributed by atoms with E-state index in [-0.39, 0.29) is 12.0 Å². The van der Waals surface area contributed by atoms with E-state index in [1.807, 2.05) is 49.4 Å². The lowest BCUT2D eigenvalue weighted by atomic mass is 9.91. The van der Waals surface area contributed by atoms with Gasteiger partial charge in [0.1, 0.15) is 0 Å². The minimum Gasteiger partial charge on any atom is -0.449 e. The van der Waals surface area contributed by atoms with Gasteiger partial charge in [-0.05, 0) is 54.8 Å². The highest BCUT2D eigenvalue weighted by Gasteiger charge is 2.39. The van der Waals surface area contributed by atoms with Gasteiger partial charge in [-0.25, -0.2) is 4.79 Å². The van der Waals surface area contributed by atoms with Crippen LogP contribution in [-0.4, -0.2) is 19.2 Å². The monoisotopic (exact) mass is 383 g/mol. The number of halogens is 1. The van der Waals surface area contributed by atoms with Crippen molar-refractivity contribution in [2.45, 2.75) is 32.2 Å². The molecule has 0 saturated heterocycles. The zero-order valence-corrected chi connectivity index (χ0v) is 16.2. The first kappa shape index (κ1) is 19.1. The van der Waals surface area contributed by atoms with Crippen molar-refractivity contribution < 1.29 is 9.53 Å². The molecule has 0 fully saturated rings. The lowest BCUT2D eigenvalue weighted by Gasteiger charge is -2.28. The summed E-state index contributed by atoms with van der Waals surface area (Å²) < 4.78 is 5.08. The molecule has 1 amide bonds. The van der Waals surface area contributed by atoms with Crippen molar-refractivity contribution in [3.05, 3.63) is 58.6 Å². The molecule has 0 aromatic heterocycles. The number of nitriles is 1. The zero-order chi connectivity index (χ0) is 19.4. The van der Waals surface area contributed by atoms with Gasteiger partial charge < -0.3 is 9.64 Å². The first-order valence-electron chi connectivity index (χ1n) is 9.08. The fourth-order valence-corrected chi connectivity index (χ4v) is 3.75. The van der Waals surface area contributed by atoms with Gasteiger partial charge in [0.2, 0.25) is 0 Å². The maximum atomic E-state index is 11.9. The maximum Gasteiger partial charge on any atom is 0.411 e. The predicted octanol–water partition coefficient (Wildman–Crippen LogP) is 5.49. The standard InChI is InChI=1S/C21H22ClN3O2/c1-3-10-27-21(26)24-16-7-5-6-14(11-16)20-18(13-23)17-12-15(22)8-9-19(17)25(20)4-2/h5-9,11-12,18,20H,3-4,10H2,1-2H3,(H,24,26). The molecule has 140 valence electrons. The molecule has 0 saturated carbocycles. The number of hydrogen-bond donors (Lipinski definition) is 1. The first-order valence-corrected chi connectivity index (χ1v) is 9.46. The summed E-state index contributed by atoms with van der Waals surface area (Å²) in [4.78, 5) is 14.1. The smallest absolute Gasteiger partial charge is 0.411 e. The second-order valence-corrected chi connectivity index (χ2v) is 6.86. The molecule has 1 aliphatic rings. The van der Waals surface area contributed by atoms with E-state index < -0.39 is 6.09 Å². The van der Waals surface area contributed by atoms with Crippen LogP contribution in [0.5, 0.6) is 0 Å². The Bertz CT molecular complexity index is 878. The Balaban J connectivity index is 1.92. The van der Waals surface area contributed by atoms with Gasteiger partial charge >= 0.3 is 6.09 Å². The molecule has 1 N–H and O–H groups in total. The summed E-state index contributed by atoms with van der Waals surface area (Å²) in [6, 6.07) is 15.6. The number of hydrogen-bond acceptors (Lipinski definition) is 4. The molecule has 27 heavy (non-hydrogen) atoms. The van der Waals surface area contributed by atoms with Gasteiger partial charge in [-0.2, -0.15) is 5.26 Å². The molecule has 1 heterocycles. The van der Waals surface area contributed by atoms with E-state index in [1.54, 1.807) is 0 Å². The molecule has 3 rings (SSSR count). The van der Waals surface area contributed by atoms with E-state index in [2.05, 4.69) is 23.2 Å². The van der Waals surface area contributed by atoms with E-state index in [0.29, 0.717) is 17.3 Å². The van der Waals surface area contributed by atoms with Gasteiger partial charge in [-0.15, -0.1) is 0 Å². The van der Waals surface area contributed by atoms with Crippen LogP contribution in [-0.2, 0) is 4.74 Å². The fourth-order valence-electron chi connectivity index (χ4n) is 3.56. The van der Waals surface area contributed by atoms with Gasteiger partial charge in [0, 0.05) is 22.9 Å². The molecular formula is C21H22ClN3O2. The highest BCUT2D eigenvalue weighted by molar-refractivity contribution is 6.30. The second-order valence-electron chi connectivity index (χ2n) is 6.43. The molecule has 2 unspecified atom stereocenters. The molecule has 0 spiro atoms. The topological polar surface area (TPSA) is 65.4 Å². The number of ether oxygens (including phenoxy) is 1. The van der Waals surface area contributed by atoms with Crippen LogP contribution in [0.25, 0.3) is 0 Å². The third-order valence-electron chi connectivity index (χ3n) is 4.68. The fraction of sp³-hybridized carbons (Fsp3) is 0.333. The number of carbonyl (C=O) groups excluding carboxylic acids is 1. The van der Waals surface area contributed by atoms with Gasteiger partial charge in [-0.3, -0.25) is 5.32 Å². The first-order chi connectivity index (χ1) is 13.1. The molecule has 2 atom stereocenters. The molecule has 6 heteroatoms. The van der Waals surface area contributed by atoms with Crippen LogP contribution in [0.2, 0.25) is 5.02 Å². The molecular weight excluding hydrogens is 362 g/mol. The Kier molecular flexibility index (Phi) is 5.88. The molecule has 1 aliphatic heterocycles. The number of anilines is 2. The lowest BCUT2D eigenvalue weighted by Crippen LogP contribution is -2.26. The highest BCUT2D eigenvalue weighted by Crippen LogP contribution is 2.49. The van der Waals surface area contributed by atoms with Crippen LogP contribution >= 0.6 is 11.6 Å². The number of likely N-dealkylation sites (N-methyl/N-ethyl adjacent to an activating group) is 1. The number of carbonyl (C=O) groups is 1. The van der Waals surface area contributed by atoms with Crippen molar-refractivity contribution in [1.29, 1.82) is 5.26 Å². The van der Waals surface area contributed by atoms with Gasteiger partial charge in [0.15, 0.2) is 0 Å². The van der Waals surface area contributed by atoms with Crippen molar-refractivity contribution >= 4 is 29.1 Å². The second kappa shape index (κ2) is 8.32. The summed E-state index contributed by atoms with van der Waals surface area (Å²) >= 11 is 6.17. The quantitative estimate of drug-likeness (QED) is 0.741. The lowest BCUT2D eigenvalue weighted by molar-refractivity contribution is 0.161. The van der Waals surface area contributed by atoms with Gasteiger partial charge in [-0.1, -0.05) is 30.7 Å². The molecule has 2 aromatic rings. The normalized spacial score (nSPS) is 17.9. The highest BCUT2D eigenvalue weighted by atomic mass is 35.5. The number of rotatable bonds is 5. The summed E-state index contributed by atoms with van der Waals surface area (Å²) in [6.07, 6.45) is 0.297. The molecule has 0 radical (unpaired) electrons. The van der Waals surface area contributed by atoms with Crippen LogP contribution in [0.1, 0.15) is 43.4 Å². The van der Waals surface area contributed by atoms with Crippen LogP contribution in [0.3, 0.4) is 0 Å². The Morgan fingerprint density at radius 1 is 1.30 bits per heavy atom. The van der Waals surface area contributed by atoms with E-state index in [0.717, 1.165) is 29.8 Å². The average molecular weight is 384 g/mol. The Morgan fingerprint density at radius 3 is 2.81 bits per heavy atom. The van der Waals surface area contributed by atoms with E-state index >= 15 is 0 Å². The molecule has 2 aromatic carbocycles. The van der Waals surface area contributed by atoms with Crippen molar-refractivity contribution in [3.63, 3.8) is 0 Å². The summed E-state index contributed by atoms with van der Waals surface area (Å²) in [7, 11) is 0. The van der Waals surface area contributed by atoms with Gasteiger partial charge in [0.25, 0.3) is 0 Å². The van der Waals surface area contributed by atoms with Crippen LogP contribution in [0.4, 0.5) is 16.2 Å². The van der Waals surface area contributed by atoms with Crippen molar-refractivity contribution in [2.75, 3.05) is 23.4 Å². The number of fused-ring (bicyclic) bond motifs is 1. The number of amides is 1. The predicted molar refractivity (Wildman–Crippen MR) is 107 cm³/mol. The van der Waals surface area contributed by atoms with E-state index in [1.165, 1.54) is 0 Å². The zero-order valence-electron chi connectivity index (χ0n) is 15.4. The molecule has 0 bridgehead atoms. The minimum atomic E-state index is -0.473. The maximum absolute atomic E-state index is 11.9. The molecule has 0 aliphatic carbocycles. The minimum absolute atomic E-state index is 0.137. The summed E-state index contributed by atoms with van der Waals surface area (Å²) in [6.45, 7) is 5.15. The van der Waals surface area contributed by atoms with Crippen molar-refractivity contribution in [3.8, 4) is 6.07 Å². The average Bonchev–Trinajstić information content (AvgIpc) is 2.99. The summed E-state index contributed by atoms with van der Waals surface area (Å²) in [5.74, 6) is -0.332. The van der Waals surface area contributed by atoms with Gasteiger partial charge in [0.05, 0.1) is 24.6 Å². The van der Waals surface area contributed by atoms with Crippen LogP contribution in [0, 0.1) is 11.3 Å². The van der Waals surface area contributed by atoms with Crippen molar-refractivity contribution in [2.24, 2.45) is 0 Å². The Labute approximate surface area is 164 Å². The Morgan fingerprint density at radius 2 is 2.11 bits per heavy atom. The summed E-state index contributed by atoms with van der Waals surface area (Å²) in [5.41, 5.74) is 3.58. The number of nitrogens with one attached hydrogen (secondary N) is 1. The Hall–Kier alpha value is -2.71. The SMILES string of the molecule is CCCOC(=O)Nc1cccc(C2C(C#N)c3cc(Cl)ccc3N2CC)c1. The van der Waals surface area contributed by atoms with E-state index in [9.17, 15) is 10.1 Å². The molecule has 5 nitrogen and oxygen atoms in total. The van der Waals surface area contributed by atoms with Crippen LogP contribution < -0.4 is 10.2 Å². The summed E-state index contributed by atoms with van der Waals surface area (Å²) in [5, 5.41) is 13.2. The number of nitrogens with zero attached hydrogens (tertiary/aromatic N) is 2. The third kappa shape index (κ3) is 3.86. The third-order valence-corrected chi connectivity index (χ3v) is 4.91. The van der Waals surface area contributed by atoms with Crippen molar-refractivity contribution in [1.82, 2.24) is 0 Å². The van der Waals surface area contributed by atoms with Crippen LogP contribution in [0.15, 0.2) is 42.5 Å². The largest absolute Gasteiger partial charge is 0.449 e. The van der Waals surface area contributed by atoms with E-state index in [4.69, 9.17) is 16.3 Å². The number of benzene rings is 2.